The number of likely N-dealkylation sites (tertiary alicyclic amines) is 1. The average Bonchev–Trinajstić information content (AvgIpc) is 2.76. The van der Waals surface area contributed by atoms with Crippen LogP contribution < -0.4 is 10.6 Å². The van der Waals surface area contributed by atoms with Gasteiger partial charge in [-0.15, -0.1) is 0 Å². The lowest BCUT2D eigenvalue weighted by atomic mass is 10.0. The zero-order valence-corrected chi connectivity index (χ0v) is 16.4. The summed E-state index contributed by atoms with van der Waals surface area (Å²) >= 11 is 0. The molecule has 1 aliphatic rings. The fourth-order valence-electron chi connectivity index (χ4n) is 3.31. The Bertz CT molecular complexity index is 805. The lowest BCUT2D eigenvalue weighted by Gasteiger charge is -2.31. The van der Waals surface area contributed by atoms with Crippen molar-refractivity contribution >= 4 is 17.9 Å². The van der Waals surface area contributed by atoms with E-state index in [1.807, 2.05) is 36.4 Å². The molecule has 28 heavy (non-hydrogen) atoms. The van der Waals surface area contributed by atoms with Crippen LogP contribution in [-0.2, 0) is 0 Å². The zero-order chi connectivity index (χ0) is 19.6. The second-order valence-electron chi connectivity index (χ2n) is 6.80. The highest BCUT2D eigenvalue weighted by Crippen LogP contribution is 2.19. The van der Waals surface area contributed by atoms with Crippen LogP contribution in [0.2, 0.25) is 0 Å². The van der Waals surface area contributed by atoms with Crippen LogP contribution in [0.15, 0.2) is 71.2 Å². The molecular weight excluding hydrogens is 348 g/mol. The molecule has 2 aromatic carbocycles. The number of hydrogen-bond donors (Lipinski definition) is 2. The largest absolute Gasteiger partial charge is 0.354 e. The van der Waals surface area contributed by atoms with Crippen molar-refractivity contribution in [1.82, 2.24) is 15.5 Å². The predicted molar refractivity (Wildman–Crippen MR) is 115 cm³/mol. The SMILES string of the molecule is CN=C(NCCNC(=O)c1ccccc1)N1CCC(=Cc2ccccc2)CC1. The van der Waals surface area contributed by atoms with E-state index in [9.17, 15) is 4.79 Å². The molecule has 1 amide bonds. The fraction of sp³-hybridized carbons (Fsp3) is 0.304. The van der Waals surface area contributed by atoms with E-state index in [0.717, 1.165) is 31.9 Å². The highest BCUT2D eigenvalue weighted by molar-refractivity contribution is 5.94. The van der Waals surface area contributed by atoms with Crippen LogP contribution in [0.25, 0.3) is 6.08 Å². The second-order valence-corrected chi connectivity index (χ2v) is 6.80. The van der Waals surface area contributed by atoms with E-state index in [2.05, 4.69) is 50.9 Å². The van der Waals surface area contributed by atoms with Gasteiger partial charge in [0.25, 0.3) is 5.91 Å². The molecule has 2 N–H and O–H groups in total. The summed E-state index contributed by atoms with van der Waals surface area (Å²) in [7, 11) is 1.81. The molecule has 146 valence electrons. The molecule has 3 rings (SSSR count). The third-order valence-electron chi connectivity index (χ3n) is 4.82. The van der Waals surface area contributed by atoms with Gasteiger partial charge in [0.2, 0.25) is 0 Å². The molecule has 1 heterocycles. The van der Waals surface area contributed by atoms with E-state index < -0.39 is 0 Å². The Morgan fingerprint density at radius 1 is 0.964 bits per heavy atom. The molecule has 1 saturated heterocycles. The molecule has 5 nitrogen and oxygen atoms in total. The summed E-state index contributed by atoms with van der Waals surface area (Å²) in [5.41, 5.74) is 3.43. The van der Waals surface area contributed by atoms with E-state index >= 15 is 0 Å². The van der Waals surface area contributed by atoms with Gasteiger partial charge in [-0.3, -0.25) is 9.79 Å². The number of carbonyl (C=O) groups excluding carboxylic acids is 1. The summed E-state index contributed by atoms with van der Waals surface area (Å²) < 4.78 is 0. The summed E-state index contributed by atoms with van der Waals surface area (Å²) in [5, 5.41) is 6.28. The molecule has 0 aliphatic carbocycles. The minimum absolute atomic E-state index is 0.0500. The van der Waals surface area contributed by atoms with Crippen LogP contribution in [0.5, 0.6) is 0 Å². The van der Waals surface area contributed by atoms with Crippen molar-refractivity contribution in [2.45, 2.75) is 12.8 Å². The van der Waals surface area contributed by atoms with Crippen LogP contribution in [0.3, 0.4) is 0 Å². The van der Waals surface area contributed by atoms with Crippen molar-refractivity contribution in [2.75, 3.05) is 33.2 Å². The number of aliphatic imine (C=N–C) groups is 1. The second kappa shape index (κ2) is 10.3. The average molecular weight is 377 g/mol. The van der Waals surface area contributed by atoms with Crippen LogP contribution in [-0.4, -0.2) is 50.0 Å². The number of nitrogens with one attached hydrogen (secondary N) is 2. The Balaban J connectivity index is 1.41. The first-order chi connectivity index (χ1) is 13.8. The van der Waals surface area contributed by atoms with Gasteiger partial charge < -0.3 is 15.5 Å². The number of amides is 1. The number of hydrogen-bond acceptors (Lipinski definition) is 2. The zero-order valence-electron chi connectivity index (χ0n) is 16.4. The van der Waals surface area contributed by atoms with Gasteiger partial charge in [-0.25, -0.2) is 0 Å². The molecule has 0 unspecified atom stereocenters. The maximum Gasteiger partial charge on any atom is 0.251 e. The highest BCUT2D eigenvalue weighted by atomic mass is 16.1. The first-order valence-electron chi connectivity index (χ1n) is 9.79. The Kier molecular flexibility index (Phi) is 7.24. The number of nitrogens with zero attached hydrogens (tertiary/aromatic N) is 2. The molecule has 0 aromatic heterocycles. The Morgan fingerprint density at radius 2 is 1.57 bits per heavy atom. The molecule has 0 saturated carbocycles. The fourth-order valence-corrected chi connectivity index (χ4v) is 3.31. The van der Waals surface area contributed by atoms with Crippen LogP contribution >= 0.6 is 0 Å². The molecule has 1 aliphatic heterocycles. The quantitative estimate of drug-likeness (QED) is 0.479. The van der Waals surface area contributed by atoms with Gasteiger partial charge >= 0.3 is 0 Å². The molecule has 5 heteroatoms. The van der Waals surface area contributed by atoms with Gasteiger partial charge in [-0.1, -0.05) is 60.2 Å². The molecule has 0 atom stereocenters. The standard InChI is InChI=1S/C23H28N4O/c1-24-23(26-15-14-25-22(28)21-10-6-3-7-11-21)27-16-12-20(13-17-27)18-19-8-4-2-5-9-19/h2-11,18H,12-17H2,1H3,(H,24,26)(H,25,28). The lowest BCUT2D eigenvalue weighted by molar-refractivity contribution is 0.0954. The molecule has 2 aromatic rings. The van der Waals surface area contributed by atoms with Crippen LogP contribution in [0, 0.1) is 0 Å². The molecular formula is C23H28N4O. The Morgan fingerprint density at radius 3 is 2.21 bits per heavy atom. The van der Waals surface area contributed by atoms with Crippen molar-refractivity contribution < 1.29 is 4.79 Å². The summed E-state index contributed by atoms with van der Waals surface area (Å²) in [5.74, 6) is 0.846. The summed E-state index contributed by atoms with van der Waals surface area (Å²) in [6, 6.07) is 19.7. The summed E-state index contributed by atoms with van der Waals surface area (Å²) in [6.45, 7) is 3.11. The topological polar surface area (TPSA) is 56.7 Å². The normalized spacial score (nSPS) is 14.5. The number of piperidine rings is 1. The van der Waals surface area contributed by atoms with E-state index in [1.165, 1.54) is 11.1 Å². The monoisotopic (exact) mass is 376 g/mol. The van der Waals surface area contributed by atoms with Crippen LogP contribution in [0.4, 0.5) is 0 Å². The number of rotatable bonds is 5. The lowest BCUT2D eigenvalue weighted by Crippen LogP contribution is -2.46. The van der Waals surface area contributed by atoms with Gasteiger partial charge in [0.1, 0.15) is 0 Å². The Labute approximate surface area is 167 Å². The summed E-state index contributed by atoms with van der Waals surface area (Å²) in [4.78, 5) is 18.7. The number of carbonyl (C=O) groups is 1. The first kappa shape index (κ1) is 19.7. The van der Waals surface area contributed by atoms with E-state index in [1.54, 1.807) is 7.05 Å². The third kappa shape index (κ3) is 5.71. The van der Waals surface area contributed by atoms with Crippen molar-refractivity contribution in [3.8, 4) is 0 Å². The minimum Gasteiger partial charge on any atom is -0.354 e. The maximum atomic E-state index is 12.1. The van der Waals surface area contributed by atoms with Crippen LogP contribution in [0.1, 0.15) is 28.8 Å². The van der Waals surface area contributed by atoms with E-state index in [0.29, 0.717) is 18.7 Å². The van der Waals surface area contributed by atoms with Crippen molar-refractivity contribution in [2.24, 2.45) is 4.99 Å². The predicted octanol–water partition coefficient (Wildman–Crippen LogP) is 3.17. The molecule has 0 bridgehead atoms. The first-order valence-corrected chi connectivity index (χ1v) is 9.79. The molecule has 1 fully saturated rings. The number of guanidine groups is 1. The summed E-state index contributed by atoms with van der Waals surface area (Å²) in [6.07, 6.45) is 4.38. The van der Waals surface area contributed by atoms with E-state index in [4.69, 9.17) is 0 Å². The van der Waals surface area contributed by atoms with Crippen molar-refractivity contribution in [1.29, 1.82) is 0 Å². The van der Waals surface area contributed by atoms with Crippen molar-refractivity contribution in [3.05, 3.63) is 77.4 Å². The Hall–Kier alpha value is -3.08. The minimum atomic E-state index is -0.0500. The number of benzene rings is 2. The van der Waals surface area contributed by atoms with Gasteiger partial charge in [0.05, 0.1) is 0 Å². The highest BCUT2D eigenvalue weighted by Gasteiger charge is 2.17. The molecule has 0 spiro atoms. The molecule has 0 radical (unpaired) electrons. The van der Waals surface area contributed by atoms with E-state index in [-0.39, 0.29) is 5.91 Å². The van der Waals surface area contributed by atoms with Gasteiger partial charge in [0, 0.05) is 38.8 Å². The third-order valence-corrected chi connectivity index (χ3v) is 4.82. The van der Waals surface area contributed by atoms with Gasteiger partial charge in [-0.2, -0.15) is 0 Å². The maximum absolute atomic E-state index is 12.1. The van der Waals surface area contributed by atoms with Gasteiger partial charge in [-0.05, 0) is 30.5 Å². The van der Waals surface area contributed by atoms with Crippen molar-refractivity contribution in [3.63, 3.8) is 0 Å². The van der Waals surface area contributed by atoms with Gasteiger partial charge in [0.15, 0.2) is 5.96 Å². The smallest absolute Gasteiger partial charge is 0.251 e.